The molecule has 1 aromatic rings. The lowest BCUT2D eigenvalue weighted by atomic mass is 10.1. The average molecular weight is 388 g/mol. The maximum atomic E-state index is 10.1. The Morgan fingerprint density at radius 2 is 1.71 bits per heavy atom. The van der Waals surface area contributed by atoms with E-state index in [4.69, 9.17) is 0 Å². The molecule has 0 spiro atoms. The van der Waals surface area contributed by atoms with Crippen molar-refractivity contribution < 1.29 is 5.11 Å². The van der Waals surface area contributed by atoms with Crippen molar-refractivity contribution in [3.05, 3.63) is 24.3 Å². The second-order valence-electron chi connectivity index (χ2n) is 7.90. The van der Waals surface area contributed by atoms with Gasteiger partial charge in [-0.05, 0) is 57.5 Å². The summed E-state index contributed by atoms with van der Waals surface area (Å²) in [6, 6.07) is 7.59. The molecule has 0 amide bonds. The van der Waals surface area contributed by atoms with E-state index in [9.17, 15) is 5.11 Å². The lowest BCUT2D eigenvalue weighted by molar-refractivity contribution is 0.224. The highest BCUT2D eigenvalue weighted by molar-refractivity contribution is 5.80. The molecule has 0 radical (unpaired) electrons. The van der Waals surface area contributed by atoms with Gasteiger partial charge in [0, 0.05) is 39.8 Å². The molecule has 2 aliphatic rings. The fraction of sp³-hybridized carbons (Fsp3) is 0.682. The zero-order chi connectivity index (χ0) is 19.6. The van der Waals surface area contributed by atoms with E-state index in [-0.39, 0.29) is 0 Å². The Bertz CT molecular complexity index is 607. The quantitative estimate of drug-likeness (QED) is 0.428. The number of phenolic OH excluding ortho intramolecular Hbond substituents is 1. The number of para-hydroxylation sites is 2. The number of rotatable bonds is 7. The summed E-state index contributed by atoms with van der Waals surface area (Å²) in [5, 5.41) is 13.6. The molecule has 2 fully saturated rings. The average Bonchev–Trinajstić information content (AvgIpc) is 2.75. The van der Waals surface area contributed by atoms with Crippen LogP contribution in [0.3, 0.4) is 0 Å². The number of hydrogen-bond acceptors (Lipinski definition) is 4. The number of unbranched alkanes of at least 4 members (excludes halogenated alkanes) is 2. The maximum absolute atomic E-state index is 10.1. The topological polar surface area (TPSA) is 54.3 Å². The number of benzene rings is 1. The third-order valence-corrected chi connectivity index (χ3v) is 5.90. The lowest BCUT2D eigenvalue weighted by Gasteiger charge is -2.37. The second kappa shape index (κ2) is 11.1. The van der Waals surface area contributed by atoms with E-state index in [1.54, 1.807) is 6.07 Å². The fourth-order valence-electron chi connectivity index (χ4n) is 4.24. The lowest BCUT2D eigenvalue weighted by Crippen LogP contribution is -2.52. The van der Waals surface area contributed by atoms with Crippen molar-refractivity contribution in [1.82, 2.24) is 15.1 Å². The molecule has 6 heteroatoms. The van der Waals surface area contributed by atoms with Crippen LogP contribution in [0.2, 0.25) is 0 Å². The summed E-state index contributed by atoms with van der Waals surface area (Å²) in [6.07, 6.45) is 7.97. The van der Waals surface area contributed by atoms with E-state index in [0.29, 0.717) is 5.75 Å². The molecular formula is C22H37N5O. The van der Waals surface area contributed by atoms with Crippen molar-refractivity contribution >= 4 is 11.6 Å². The van der Waals surface area contributed by atoms with E-state index in [2.05, 4.69) is 25.0 Å². The van der Waals surface area contributed by atoms with Crippen LogP contribution in [0.5, 0.6) is 5.75 Å². The summed E-state index contributed by atoms with van der Waals surface area (Å²) in [4.78, 5) is 11.7. The Labute approximate surface area is 170 Å². The van der Waals surface area contributed by atoms with Gasteiger partial charge in [-0.25, -0.2) is 0 Å². The zero-order valence-electron chi connectivity index (χ0n) is 17.4. The van der Waals surface area contributed by atoms with Gasteiger partial charge in [0.1, 0.15) is 5.75 Å². The van der Waals surface area contributed by atoms with Crippen molar-refractivity contribution in [2.75, 3.05) is 64.3 Å². The number of hydrogen-bond donors (Lipinski definition) is 2. The van der Waals surface area contributed by atoms with Crippen LogP contribution < -0.4 is 10.2 Å². The molecule has 28 heavy (non-hydrogen) atoms. The number of nitrogens with one attached hydrogen (secondary N) is 1. The molecular weight excluding hydrogens is 350 g/mol. The molecule has 0 aromatic heterocycles. The molecule has 3 rings (SSSR count). The summed E-state index contributed by atoms with van der Waals surface area (Å²) in [7, 11) is 1.87. The predicted molar refractivity (Wildman–Crippen MR) is 117 cm³/mol. The van der Waals surface area contributed by atoms with Gasteiger partial charge in [-0.2, -0.15) is 0 Å². The summed E-state index contributed by atoms with van der Waals surface area (Å²) in [5.74, 6) is 1.37. The molecule has 2 aliphatic heterocycles. The maximum Gasteiger partial charge on any atom is 0.193 e. The molecule has 1 aromatic carbocycles. The van der Waals surface area contributed by atoms with Crippen LogP contribution in [0.25, 0.3) is 0 Å². The van der Waals surface area contributed by atoms with Crippen LogP contribution in [-0.4, -0.2) is 80.3 Å². The van der Waals surface area contributed by atoms with Gasteiger partial charge in [0.05, 0.1) is 5.69 Å². The Kier molecular flexibility index (Phi) is 8.27. The zero-order valence-corrected chi connectivity index (χ0v) is 17.4. The number of anilines is 1. The van der Waals surface area contributed by atoms with Gasteiger partial charge in [-0.3, -0.25) is 4.99 Å². The second-order valence-corrected chi connectivity index (χ2v) is 7.90. The normalized spacial score (nSPS) is 19.1. The van der Waals surface area contributed by atoms with E-state index in [1.165, 1.54) is 58.2 Å². The van der Waals surface area contributed by atoms with Gasteiger partial charge in [0.25, 0.3) is 0 Å². The third kappa shape index (κ3) is 6.03. The van der Waals surface area contributed by atoms with E-state index in [1.807, 2.05) is 25.2 Å². The number of aromatic hydroxyl groups is 1. The van der Waals surface area contributed by atoms with Crippen molar-refractivity contribution in [3.8, 4) is 5.75 Å². The molecule has 2 N–H and O–H groups in total. The van der Waals surface area contributed by atoms with Gasteiger partial charge in [0.15, 0.2) is 5.96 Å². The number of guanidine groups is 1. The van der Waals surface area contributed by atoms with E-state index >= 15 is 0 Å². The van der Waals surface area contributed by atoms with Gasteiger partial charge >= 0.3 is 0 Å². The predicted octanol–water partition coefficient (Wildman–Crippen LogP) is 2.75. The number of nitrogens with zero attached hydrogens (tertiary/aromatic N) is 4. The number of aliphatic imine (C=N–C) groups is 1. The number of piperazine rings is 1. The van der Waals surface area contributed by atoms with Gasteiger partial charge in [-0.1, -0.05) is 25.0 Å². The van der Waals surface area contributed by atoms with Crippen LogP contribution in [-0.2, 0) is 0 Å². The Balaban J connectivity index is 1.32. The first-order valence-corrected chi connectivity index (χ1v) is 11.0. The van der Waals surface area contributed by atoms with Crippen molar-refractivity contribution in [2.24, 2.45) is 4.99 Å². The first-order valence-electron chi connectivity index (χ1n) is 11.0. The molecule has 0 atom stereocenters. The summed E-state index contributed by atoms with van der Waals surface area (Å²) in [5.41, 5.74) is 0.929. The third-order valence-electron chi connectivity index (χ3n) is 5.90. The molecule has 0 bridgehead atoms. The van der Waals surface area contributed by atoms with E-state index in [0.717, 1.165) is 44.4 Å². The van der Waals surface area contributed by atoms with Gasteiger partial charge in [0.2, 0.25) is 0 Å². The highest BCUT2D eigenvalue weighted by Gasteiger charge is 2.21. The number of phenols is 1. The van der Waals surface area contributed by atoms with Crippen LogP contribution in [0, 0.1) is 0 Å². The molecule has 2 heterocycles. The Morgan fingerprint density at radius 3 is 2.43 bits per heavy atom. The Hall–Kier alpha value is -1.95. The smallest absolute Gasteiger partial charge is 0.193 e. The largest absolute Gasteiger partial charge is 0.506 e. The molecule has 0 unspecified atom stereocenters. The molecule has 156 valence electrons. The molecule has 0 aliphatic carbocycles. The number of piperidine rings is 1. The molecule has 2 saturated heterocycles. The first-order chi connectivity index (χ1) is 13.8. The SMILES string of the molecule is CN=C(NCCCCCN1CCCCC1)N1CCN(c2ccccc2O)CC1. The molecule has 6 nitrogen and oxygen atoms in total. The van der Waals surface area contributed by atoms with Crippen LogP contribution >= 0.6 is 0 Å². The monoisotopic (exact) mass is 387 g/mol. The standard InChI is InChI=1S/C22H37N5O/c1-23-22(24-12-6-2-7-13-25-14-8-3-9-15-25)27-18-16-26(17-19-27)20-10-4-5-11-21(20)28/h4-5,10-11,28H,2-3,6-9,12-19H2,1H3,(H,23,24). The fourth-order valence-corrected chi connectivity index (χ4v) is 4.24. The first kappa shape index (κ1) is 20.8. The van der Waals surface area contributed by atoms with E-state index < -0.39 is 0 Å². The van der Waals surface area contributed by atoms with Gasteiger partial charge < -0.3 is 25.1 Å². The van der Waals surface area contributed by atoms with Crippen LogP contribution in [0.4, 0.5) is 5.69 Å². The Morgan fingerprint density at radius 1 is 0.964 bits per heavy atom. The summed E-state index contributed by atoms with van der Waals surface area (Å²) < 4.78 is 0. The number of likely N-dealkylation sites (tertiary alicyclic amines) is 1. The minimum absolute atomic E-state index is 0.364. The summed E-state index contributed by atoms with van der Waals surface area (Å²) >= 11 is 0. The minimum Gasteiger partial charge on any atom is -0.506 e. The highest BCUT2D eigenvalue weighted by atomic mass is 16.3. The van der Waals surface area contributed by atoms with Crippen LogP contribution in [0.15, 0.2) is 29.3 Å². The highest BCUT2D eigenvalue weighted by Crippen LogP contribution is 2.27. The van der Waals surface area contributed by atoms with Crippen molar-refractivity contribution in [1.29, 1.82) is 0 Å². The summed E-state index contributed by atoms with van der Waals surface area (Å²) in [6.45, 7) is 8.50. The van der Waals surface area contributed by atoms with Crippen LogP contribution in [0.1, 0.15) is 38.5 Å². The van der Waals surface area contributed by atoms with Gasteiger partial charge in [-0.15, -0.1) is 0 Å². The molecule has 0 saturated carbocycles. The van der Waals surface area contributed by atoms with Crippen molar-refractivity contribution in [2.45, 2.75) is 38.5 Å². The minimum atomic E-state index is 0.364. The van der Waals surface area contributed by atoms with Crippen molar-refractivity contribution in [3.63, 3.8) is 0 Å².